The van der Waals surface area contributed by atoms with Crippen LogP contribution in [0.15, 0.2) is 12.1 Å². The van der Waals surface area contributed by atoms with Gasteiger partial charge in [0.2, 0.25) is 0 Å². The Morgan fingerprint density at radius 2 is 2.05 bits per heavy atom. The molecule has 0 saturated heterocycles. The highest BCUT2D eigenvalue weighted by Crippen LogP contribution is 2.22. The summed E-state index contributed by atoms with van der Waals surface area (Å²) in [4.78, 5) is 16.4. The Labute approximate surface area is 115 Å². The molecule has 0 aliphatic heterocycles. The minimum Gasteiger partial charge on any atom is -0.384 e. The van der Waals surface area contributed by atoms with Crippen LogP contribution in [-0.4, -0.2) is 17.4 Å². The molecule has 0 bridgehead atoms. The summed E-state index contributed by atoms with van der Waals surface area (Å²) in [5, 5.41) is 2.93. The quantitative estimate of drug-likeness (QED) is 0.877. The van der Waals surface area contributed by atoms with Crippen LogP contribution in [0.2, 0.25) is 0 Å². The Bertz CT molecular complexity index is 449. The summed E-state index contributed by atoms with van der Waals surface area (Å²) in [5.74, 6) is 0.784. The van der Waals surface area contributed by atoms with Crippen molar-refractivity contribution in [2.24, 2.45) is 5.92 Å². The van der Waals surface area contributed by atoms with Gasteiger partial charge in [-0.1, -0.05) is 41.0 Å². The third-order valence-corrected chi connectivity index (χ3v) is 3.18. The molecule has 1 unspecified atom stereocenters. The standard InChI is InChI=1S/C15H25N3O/c1-6-10(2)9-17-14(19)11-7-12(15(3,4)5)18-13(16)8-11/h7-8,10H,6,9H2,1-5H3,(H2,16,18)(H,17,19). The third kappa shape index (κ3) is 4.54. The second-order valence-electron chi connectivity index (χ2n) is 6.14. The Morgan fingerprint density at radius 1 is 1.42 bits per heavy atom. The number of hydrogen-bond acceptors (Lipinski definition) is 3. The zero-order chi connectivity index (χ0) is 14.6. The van der Waals surface area contributed by atoms with Gasteiger partial charge in [0.05, 0.1) is 0 Å². The van der Waals surface area contributed by atoms with Crippen molar-refractivity contribution in [1.29, 1.82) is 0 Å². The molecule has 0 spiro atoms. The summed E-state index contributed by atoms with van der Waals surface area (Å²) in [5.41, 5.74) is 7.08. The average molecular weight is 263 g/mol. The van der Waals surface area contributed by atoms with Crippen LogP contribution in [0.4, 0.5) is 5.82 Å². The van der Waals surface area contributed by atoms with E-state index in [0.717, 1.165) is 12.1 Å². The number of anilines is 1. The van der Waals surface area contributed by atoms with Gasteiger partial charge >= 0.3 is 0 Å². The highest BCUT2D eigenvalue weighted by atomic mass is 16.1. The van der Waals surface area contributed by atoms with Gasteiger partial charge in [0.15, 0.2) is 0 Å². The van der Waals surface area contributed by atoms with Crippen molar-refractivity contribution < 1.29 is 4.79 Å². The number of pyridine rings is 1. The number of carbonyl (C=O) groups excluding carboxylic acids is 1. The molecule has 0 aliphatic carbocycles. The number of nitrogens with one attached hydrogen (secondary N) is 1. The number of nitrogens with zero attached hydrogens (tertiary/aromatic N) is 1. The molecule has 19 heavy (non-hydrogen) atoms. The normalized spacial score (nSPS) is 13.1. The molecule has 0 aliphatic rings. The first-order chi connectivity index (χ1) is 8.74. The molecule has 0 saturated carbocycles. The molecule has 0 fully saturated rings. The molecule has 4 nitrogen and oxygen atoms in total. The first-order valence-corrected chi connectivity index (χ1v) is 6.80. The summed E-state index contributed by atoms with van der Waals surface area (Å²) in [6, 6.07) is 3.45. The predicted octanol–water partition coefficient (Wildman–Crippen LogP) is 2.74. The summed E-state index contributed by atoms with van der Waals surface area (Å²) < 4.78 is 0. The largest absolute Gasteiger partial charge is 0.384 e. The van der Waals surface area contributed by atoms with Gasteiger partial charge in [-0.3, -0.25) is 4.79 Å². The topological polar surface area (TPSA) is 68.0 Å². The molecule has 1 heterocycles. The van der Waals surface area contributed by atoms with Gasteiger partial charge in [0.1, 0.15) is 5.82 Å². The lowest BCUT2D eigenvalue weighted by atomic mass is 9.90. The number of aromatic nitrogens is 1. The van der Waals surface area contributed by atoms with Gasteiger partial charge in [-0.15, -0.1) is 0 Å². The van der Waals surface area contributed by atoms with Crippen LogP contribution in [0.5, 0.6) is 0 Å². The molecule has 1 rings (SSSR count). The lowest BCUT2D eigenvalue weighted by Gasteiger charge is -2.19. The molecular formula is C15H25N3O. The van der Waals surface area contributed by atoms with Crippen molar-refractivity contribution in [1.82, 2.24) is 10.3 Å². The number of rotatable bonds is 4. The van der Waals surface area contributed by atoms with E-state index in [1.807, 2.05) is 6.07 Å². The summed E-state index contributed by atoms with van der Waals surface area (Å²) >= 11 is 0. The molecule has 0 radical (unpaired) electrons. The van der Waals surface area contributed by atoms with Gasteiger partial charge in [0, 0.05) is 23.2 Å². The lowest BCUT2D eigenvalue weighted by Crippen LogP contribution is -2.28. The fourth-order valence-electron chi connectivity index (χ4n) is 1.58. The van der Waals surface area contributed by atoms with E-state index in [0.29, 0.717) is 23.8 Å². The monoisotopic (exact) mass is 263 g/mol. The van der Waals surface area contributed by atoms with Crippen molar-refractivity contribution >= 4 is 11.7 Å². The maximum atomic E-state index is 12.1. The van der Waals surface area contributed by atoms with Crippen molar-refractivity contribution in [2.45, 2.75) is 46.5 Å². The zero-order valence-electron chi connectivity index (χ0n) is 12.6. The highest BCUT2D eigenvalue weighted by molar-refractivity contribution is 5.94. The molecule has 1 aromatic rings. The Kier molecular flexibility index (Phi) is 4.92. The molecule has 3 N–H and O–H groups in total. The fraction of sp³-hybridized carbons (Fsp3) is 0.600. The van der Waals surface area contributed by atoms with Crippen LogP contribution < -0.4 is 11.1 Å². The van der Waals surface area contributed by atoms with Crippen molar-refractivity contribution in [2.75, 3.05) is 12.3 Å². The second-order valence-corrected chi connectivity index (χ2v) is 6.14. The summed E-state index contributed by atoms with van der Waals surface area (Å²) in [6.07, 6.45) is 1.05. The summed E-state index contributed by atoms with van der Waals surface area (Å²) in [6.45, 7) is 11.1. The lowest BCUT2D eigenvalue weighted by molar-refractivity contribution is 0.0947. The van der Waals surface area contributed by atoms with Crippen LogP contribution in [0.1, 0.15) is 57.1 Å². The Hall–Kier alpha value is -1.58. The first-order valence-electron chi connectivity index (χ1n) is 6.80. The number of amides is 1. The van der Waals surface area contributed by atoms with Gasteiger partial charge in [0.25, 0.3) is 5.91 Å². The van der Waals surface area contributed by atoms with E-state index in [2.05, 4.69) is 44.9 Å². The van der Waals surface area contributed by atoms with Gasteiger partial charge in [-0.25, -0.2) is 4.98 Å². The van der Waals surface area contributed by atoms with E-state index in [9.17, 15) is 4.79 Å². The van der Waals surface area contributed by atoms with E-state index in [1.54, 1.807) is 6.07 Å². The summed E-state index contributed by atoms with van der Waals surface area (Å²) in [7, 11) is 0. The van der Waals surface area contributed by atoms with E-state index in [1.165, 1.54) is 0 Å². The maximum Gasteiger partial charge on any atom is 0.251 e. The molecule has 106 valence electrons. The van der Waals surface area contributed by atoms with Crippen molar-refractivity contribution in [3.05, 3.63) is 23.4 Å². The van der Waals surface area contributed by atoms with Crippen molar-refractivity contribution in [3.8, 4) is 0 Å². The molecular weight excluding hydrogens is 238 g/mol. The fourth-order valence-corrected chi connectivity index (χ4v) is 1.58. The molecule has 4 heteroatoms. The minimum absolute atomic E-state index is 0.0834. The van der Waals surface area contributed by atoms with E-state index < -0.39 is 0 Å². The number of nitrogen functional groups attached to an aromatic ring is 1. The zero-order valence-corrected chi connectivity index (χ0v) is 12.6. The van der Waals surface area contributed by atoms with Crippen LogP contribution >= 0.6 is 0 Å². The molecule has 1 amide bonds. The first kappa shape index (κ1) is 15.5. The van der Waals surface area contributed by atoms with Crippen LogP contribution in [0, 0.1) is 5.92 Å². The Balaban J connectivity index is 2.89. The highest BCUT2D eigenvalue weighted by Gasteiger charge is 2.18. The van der Waals surface area contributed by atoms with E-state index in [-0.39, 0.29) is 11.3 Å². The minimum atomic E-state index is -0.124. The van der Waals surface area contributed by atoms with Crippen LogP contribution in [-0.2, 0) is 5.41 Å². The van der Waals surface area contributed by atoms with Gasteiger partial charge < -0.3 is 11.1 Å². The predicted molar refractivity (Wildman–Crippen MR) is 79.1 cm³/mol. The van der Waals surface area contributed by atoms with Crippen LogP contribution in [0.3, 0.4) is 0 Å². The number of nitrogens with two attached hydrogens (primary N) is 1. The van der Waals surface area contributed by atoms with E-state index in [4.69, 9.17) is 5.73 Å². The average Bonchev–Trinajstić information content (AvgIpc) is 2.33. The molecule has 0 aromatic carbocycles. The number of hydrogen-bond donors (Lipinski definition) is 2. The Morgan fingerprint density at radius 3 is 2.58 bits per heavy atom. The van der Waals surface area contributed by atoms with Gasteiger partial charge in [-0.05, 0) is 18.1 Å². The molecule has 1 aromatic heterocycles. The number of carbonyl (C=O) groups is 1. The van der Waals surface area contributed by atoms with E-state index >= 15 is 0 Å². The third-order valence-electron chi connectivity index (χ3n) is 3.18. The smallest absolute Gasteiger partial charge is 0.251 e. The second kappa shape index (κ2) is 6.04. The van der Waals surface area contributed by atoms with Gasteiger partial charge in [-0.2, -0.15) is 0 Å². The molecule has 1 atom stereocenters. The maximum absolute atomic E-state index is 12.1. The van der Waals surface area contributed by atoms with Crippen molar-refractivity contribution in [3.63, 3.8) is 0 Å². The van der Waals surface area contributed by atoms with Crippen LogP contribution in [0.25, 0.3) is 0 Å². The SMILES string of the molecule is CCC(C)CNC(=O)c1cc(N)nc(C(C)(C)C)c1.